The zero-order chi connectivity index (χ0) is 16.2. The fourth-order valence-corrected chi connectivity index (χ4v) is 4.15. The molecule has 2 fully saturated rings. The van der Waals surface area contributed by atoms with Crippen LogP contribution >= 0.6 is 0 Å². The van der Waals surface area contributed by atoms with Crippen LogP contribution in [0.5, 0.6) is 0 Å². The number of H-pyrrole nitrogens is 1. The Balaban J connectivity index is 1.52. The Bertz CT molecular complexity index is 523. The molecule has 0 unspecified atom stereocenters. The fourth-order valence-electron chi connectivity index (χ4n) is 4.15. The second-order valence-electron chi connectivity index (χ2n) is 7.59. The molecule has 0 spiro atoms. The second-order valence-corrected chi connectivity index (χ2v) is 7.59. The molecule has 0 aliphatic carbocycles. The van der Waals surface area contributed by atoms with E-state index in [1.165, 1.54) is 45.2 Å². The predicted molar refractivity (Wildman–Crippen MR) is 91.4 cm³/mol. The zero-order valence-corrected chi connectivity index (χ0v) is 14.5. The number of fused-ring (bicyclic) bond motifs is 1. The molecular weight excluding hydrogens is 288 g/mol. The van der Waals surface area contributed by atoms with Crippen molar-refractivity contribution in [2.24, 2.45) is 11.8 Å². The first-order chi connectivity index (χ1) is 11.1. The van der Waals surface area contributed by atoms with E-state index < -0.39 is 0 Å². The average molecular weight is 318 g/mol. The van der Waals surface area contributed by atoms with Crippen molar-refractivity contribution < 1.29 is 4.79 Å². The Morgan fingerprint density at radius 3 is 3.00 bits per heavy atom. The first-order valence-corrected chi connectivity index (χ1v) is 9.20. The largest absolute Gasteiger partial charge is 0.350 e. The van der Waals surface area contributed by atoms with Gasteiger partial charge in [0.05, 0.1) is 0 Å². The first-order valence-electron chi connectivity index (χ1n) is 9.20. The van der Waals surface area contributed by atoms with Crippen molar-refractivity contribution in [3.63, 3.8) is 0 Å². The molecule has 1 aromatic rings. The summed E-state index contributed by atoms with van der Waals surface area (Å²) < 4.78 is 0. The lowest BCUT2D eigenvalue weighted by Gasteiger charge is -2.44. The van der Waals surface area contributed by atoms with Gasteiger partial charge in [-0.25, -0.2) is 0 Å². The molecule has 128 valence electrons. The monoisotopic (exact) mass is 318 g/mol. The summed E-state index contributed by atoms with van der Waals surface area (Å²) in [6.07, 6.45) is 7.39. The summed E-state index contributed by atoms with van der Waals surface area (Å²) in [7, 11) is 0. The van der Waals surface area contributed by atoms with Gasteiger partial charge in [0.15, 0.2) is 0 Å². The maximum absolute atomic E-state index is 12.3. The van der Waals surface area contributed by atoms with Crippen molar-refractivity contribution in [3.8, 4) is 0 Å². The van der Waals surface area contributed by atoms with Crippen LogP contribution in [0.15, 0.2) is 6.07 Å². The first kappa shape index (κ1) is 16.5. The van der Waals surface area contributed by atoms with Gasteiger partial charge >= 0.3 is 0 Å². The lowest BCUT2D eigenvalue weighted by Crippen LogP contribution is -2.51. The smallest absolute Gasteiger partial charge is 0.271 e. The van der Waals surface area contributed by atoms with Crippen LogP contribution in [0.4, 0.5) is 0 Å². The average Bonchev–Trinajstić information content (AvgIpc) is 3.00. The van der Waals surface area contributed by atoms with Gasteiger partial charge in [-0.15, -0.1) is 0 Å². The Labute approximate surface area is 139 Å². The number of rotatable bonds is 5. The van der Waals surface area contributed by atoms with Crippen molar-refractivity contribution >= 4 is 5.91 Å². The summed E-state index contributed by atoms with van der Waals surface area (Å²) in [6.45, 7) is 7.60. The Hall–Kier alpha value is -1.36. The third-order valence-electron chi connectivity index (χ3n) is 5.25. The van der Waals surface area contributed by atoms with Gasteiger partial charge in [0.2, 0.25) is 0 Å². The van der Waals surface area contributed by atoms with Gasteiger partial charge in [-0.05, 0) is 63.1 Å². The molecule has 0 radical (unpaired) electrons. The Morgan fingerprint density at radius 1 is 1.35 bits per heavy atom. The topological polar surface area (TPSA) is 61.0 Å². The van der Waals surface area contributed by atoms with Crippen LogP contribution in [-0.4, -0.2) is 46.7 Å². The molecule has 5 heteroatoms. The van der Waals surface area contributed by atoms with Crippen molar-refractivity contribution in [1.29, 1.82) is 0 Å². The van der Waals surface area contributed by atoms with Crippen molar-refractivity contribution in [1.82, 2.24) is 20.4 Å². The highest BCUT2D eigenvalue weighted by Crippen LogP contribution is 2.30. The highest BCUT2D eigenvalue weighted by Gasteiger charge is 2.33. The van der Waals surface area contributed by atoms with E-state index >= 15 is 0 Å². The Kier molecular flexibility index (Phi) is 5.36. The Morgan fingerprint density at radius 2 is 2.17 bits per heavy atom. The van der Waals surface area contributed by atoms with Gasteiger partial charge in [0.1, 0.15) is 5.69 Å². The summed E-state index contributed by atoms with van der Waals surface area (Å²) in [5.41, 5.74) is 1.57. The van der Waals surface area contributed by atoms with E-state index in [9.17, 15) is 4.79 Å². The molecule has 1 amide bonds. The normalized spacial score (nSPS) is 25.3. The number of piperidine rings is 2. The van der Waals surface area contributed by atoms with Crippen molar-refractivity contribution in [3.05, 3.63) is 17.5 Å². The van der Waals surface area contributed by atoms with E-state index in [1.54, 1.807) is 0 Å². The summed E-state index contributed by atoms with van der Waals surface area (Å²) in [4.78, 5) is 15.0. The molecule has 2 aliphatic heterocycles. The minimum Gasteiger partial charge on any atom is -0.350 e. The second kappa shape index (κ2) is 7.47. The van der Waals surface area contributed by atoms with Crippen LogP contribution in [-0.2, 0) is 6.42 Å². The standard InChI is InChI=1S/C18H30N4O/c1-13(2)10-15-11-16(21-20-15)18(23)19-12-14-6-5-9-22-8-4-3-7-17(14)22/h11,13-14,17H,3-10,12H2,1-2H3,(H,19,23)(H,20,21)/t14-,17-/m0/s1. The lowest BCUT2D eigenvalue weighted by molar-refractivity contribution is 0.0575. The molecule has 0 aromatic carbocycles. The lowest BCUT2D eigenvalue weighted by atomic mass is 9.83. The number of amides is 1. The van der Waals surface area contributed by atoms with E-state index in [2.05, 4.69) is 34.3 Å². The highest BCUT2D eigenvalue weighted by atomic mass is 16.1. The van der Waals surface area contributed by atoms with E-state index in [-0.39, 0.29) is 5.91 Å². The van der Waals surface area contributed by atoms with E-state index in [0.717, 1.165) is 18.7 Å². The van der Waals surface area contributed by atoms with Gasteiger partial charge in [0, 0.05) is 18.3 Å². The summed E-state index contributed by atoms with van der Waals surface area (Å²) in [6, 6.07) is 2.57. The number of hydrogen-bond donors (Lipinski definition) is 2. The molecule has 5 nitrogen and oxygen atoms in total. The van der Waals surface area contributed by atoms with Gasteiger partial charge in [-0.1, -0.05) is 20.3 Å². The van der Waals surface area contributed by atoms with E-state index in [0.29, 0.717) is 23.6 Å². The molecule has 3 rings (SSSR count). The molecule has 2 N–H and O–H groups in total. The maximum atomic E-state index is 12.3. The van der Waals surface area contributed by atoms with Crippen LogP contribution < -0.4 is 5.32 Å². The molecule has 2 atom stereocenters. The SMILES string of the molecule is CC(C)Cc1cc(C(=O)NC[C@@H]2CCCN3CCCC[C@@H]23)n[nH]1. The molecule has 0 bridgehead atoms. The van der Waals surface area contributed by atoms with Gasteiger partial charge in [0.25, 0.3) is 5.91 Å². The third kappa shape index (κ3) is 4.14. The van der Waals surface area contributed by atoms with Crippen LogP contribution in [0.2, 0.25) is 0 Å². The number of carbonyl (C=O) groups excluding carboxylic acids is 1. The van der Waals surface area contributed by atoms with Crippen LogP contribution in [0.1, 0.15) is 62.1 Å². The van der Waals surface area contributed by atoms with Crippen molar-refractivity contribution in [2.75, 3.05) is 19.6 Å². The van der Waals surface area contributed by atoms with Gasteiger partial charge in [-0.3, -0.25) is 9.89 Å². The number of nitrogens with one attached hydrogen (secondary N) is 2. The summed E-state index contributed by atoms with van der Waals surface area (Å²) >= 11 is 0. The van der Waals surface area contributed by atoms with Crippen molar-refractivity contribution in [2.45, 2.75) is 58.4 Å². The number of carbonyl (C=O) groups is 1. The zero-order valence-electron chi connectivity index (χ0n) is 14.5. The molecular formula is C18H30N4O. The number of hydrogen-bond acceptors (Lipinski definition) is 3. The van der Waals surface area contributed by atoms with Gasteiger partial charge in [-0.2, -0.15) is 5.10 Å². The fraction of sp³-hybridized carbons (Fsp3) is 0.778. The molecule has 23 heavy (non-hydrogen) atoms. The summed E-state index contributed by atoms with van der Waals surface area (Å²) in [5.74, 6) is 1.12. The molecule has 2 aliphatic rings. The third-order valence-corrected chi connectivity index (χ3v) is 5.25. The number of aromatic nitrogens is 2. The van der Waals surface area contributed by atoms with E-state index in [1.807, 2.05) is 6.07 Å². The minimum absolute atomic E-state index is 0.0378. The molecule has 2 saturated heterocycles. The quantitative estimate of drug-likeness (QED) is 0.877. The maximum Gasteiger partial charge on any atom is 0.271 e. The van der Waals surface area contributed by atoms with Gasteiger partial charge < -0.3 is 10.2 Å². The molecule has 1 aromatic heterocycles. The molecule has 3 heterocycles. The number of aromatic amines is 1. The minimum atomic E-state index is -0.0378. The number of nitrogens with zero attached hydrogens (tertiary/aromatic N) is 2. The van der Waals surface area contributed by atoms with Crippen LogP contribution in [0.3, 0.4) is 0 Å². The predicted octanol–water partition coefficient (Wildman–Crippen LogP) is 2.60. The van der Waals surface area contributed by atoms with Crippen LogP contribution in [0, 0.1) is 11.8 Å². The summed E-state index contributed by atoms with van der Waals surface area (Å²) in [5, 5.41) is 10.3. The van der Waals surface area contributed by atoms with E-state index in [4.69, 9.17) is 0 Å². The highest BCUT2D eigenvalue weighted by molar-refractivity contribution is 5.92. The van der Waals surface area contributed by atoms with Crippen LogP contribution in [0.25, 0.3) is 0 Å². The molecule has 0 saturated carbocycles.